The molecule has 3 aromatic carbocycles. The van der Waals surface area contributed by atoms with E-state index in [1.165, 1.54) is 15.9 Å². The van der Waals surface area contributed by atoms with Crippen LogP contribution in [0.25, 0.3) is 10.4 Å². The Kier molecular flexibility index (Phi) is 6.65. The lowest BCUT2D eigenvalue weighted by Crippen LogP contribution is -2.34. The van der Waals surface area contributed by atoms with Crippen molar-refractivity contribution in [2.24, 2.45) is 5.11 Å². The van der Waals surface area contributed by atoms with E-state index in [4.69, 9.17) is 5.53 Å². The van der Waals surface area contributed by atoms with Crippen LogP contribution in [0, 0.1) is 0 Å². The Morgan fingerprint density at radius 3 is 1.52 bits per heavy atom. The molecule has 0 heterocycles. The third-order valence-electron chi connectivity index (χ3n) is 5.07. The minimum absolute atomic E-state index is 0.0329. The molecule has 136 valence electrons. The van der Waals surface area contributed by atoms with E-state index in [1.54, 1.807) is 0 Å². The normalized spacial score (nSPS) is 12.2. The fraction of sp³-hybridized carbons (Fsp3) is 0.217. The van der Waals surface area contributed by atoms with E-state index in [0.29, 0.717) is 0 Å². The molecule has 3 nitrogen and oxygen atoms in total. The van der Waals surface area contributed by atoms with Gasteiger partial charge in [0.1, 0.15) is 23.2 Å². The number of benzene rings is 3. The molecular weight excluding hydrogens is 349 g/mol. The van der Waals surface area contributed by atoms with Gasteiger partial charge in [0.05, 0.1) is 6.16 Å². The molecule has 0 saturated carbocycles. The summed E-state index contributed by atoms with van der Waals surface area (Å²) in [5.41, 5.74) is 8.92. The van der Waals surface area contributed by atoms with E-state index < -0.39 is 7.26 Å². The Hall–Kier alpha value is -2.60. The molecule has 0 aromatic heterocycles. The first-order chi connectivity index (χ1) is 13.3. The molecule has 1 atom stereocenters. The molecule has 0 aliphatic carbocycles. The molecule has 27 heavy (non-hydrogen) atoms. The van der Waals surface area contributed by atoms with Gasteiger partial charge in [0.15, 0.2) is 0 Å². The molecule has 0 bridgehead atoms. The second kappa shape index (κ2) is 9.37. The van der Waals surface area contributed by atoms with Gasteiger partial charge in [-0.25, -0.2) is 0 Å². The lowest BCUT2D eigenvalue weighted by molar-refractivity contribution is 0.628. The fourth-order valence-electron chi connectivity index (χ4n) is 3.64. The Morgan fingerprint density at radius 2 is 1.19 bits per heavy atom. The lowest BCUT2D eigenvalue weighted by atomic mass is 10.2. The summed E-state index contributed by atoms with van der Waals surface area (Å²) in [5, 5.41) is 8.15. The quantitative estimate of drug-likeness (QED) is 0.218. The molecule has 0 fully saturated rings. The summed E-state index contributed by atoms with van der Waals surface area (Å²) >= 11 is 0. The average Bonchev–Trinajstić information content (AvgIpc) is 2.75. The van der Waals surface area contributed by atoms with Crippen LogP contribution in [0.4, 0.5) is 0 Å². The summed E-state index contributed by atoms with van der Waals surface area (Å²) in [6.45, 7) is 2.09. The monoisotopic (exact) mass is 374 g/mol. The SMILES string of the molecule is CCC(CC[P+](c1ccccc1)(c1ccccc1)c1ccccc1)N=[N+]=[N-]. The van der Waals surface area contributed by atoms with Gasteiger partial charge in [-0.3, -0.25) is 0 Å². The van der Waals surface area contributed by atoms with Crippen LogP contribution in [0.2, 0.25) is 0 Å². The van der Waals surface area contributed by atoms with Gasteiger partial charge in [-0.05, 0) is 54.8 Å². The average molecular weight is 374 g/mol. The molecule has 0 saturated heterocycles. The van der Waals surface area contributed by atoms with Gasteiger partial charge in [-0.2, -0.15) is 0 Å². The van der Waals surface area contributed by atoms with Crippen LogP contribution in [-0.4, -0.2) is 12.2 Å². The van der Waals surface area contributed by atoms with Crippen molar-refractivity contribution in [2.45, 2.75) is 25.8 Å². The smallest absolute Gasteiger partial charge is 0.0905 e. The maximum atomic E-state index is 8.92. The van der Waals surface area contributed by atoms with Crippen molar-refractivity contribution in [1.82, 2.24) is 0 Å². The highest BCUT2D eigenvalue weighted by atomic mass is 31.2. The summed E-state index contributed by atoms with van der Waals surface area (Å²) in [5.74, 6) is 0. The third kappa shape index (κ3) is 4.22. The molecule has 3 aromatic rings. The van der Waals surface area contributed by atoms with Crippen LogP contribution in [0.3, 0.4) is 0 Å². The van der Waals surface area contributed by atoms with Crippen LogP contribution in [0.1, 0.15) is 19.8 Å². The van der Waals surface area contributed by atoms with Crippen molar-refractivity contribution < 1.29 is 0 Å². The van der Waals surface area contributed by atoms with Crippen molar-refractivity contribution in [3.8, 4) is 0 Å². The van der Waals surface area contributed by atoms with E-state index >= 15 is 0 Å². The van der Waals surface area contributed by atoms with Crippen molar-refractivity contribution in [3.05, 3.63) is 101 Å². The van der Waals surface area contributed by atoms with Gasteiger partial charge in [0.2, 0.25) is 0 Å². The highest BCUT2D eigenvalue weighted by Gasteiger charge is 2.44. The van der Waals surface area contributed by atoms with Gasteiger partial charge in [-0.1, -0.05) is 66.6 Å². The highest BCUT2D eigenvalue weighted by molar-refractivity contribution is 7.95. The molecule has 0 aliphatic rings. The Labute approximate surface area is 162 Å². The van der Waals surface area contributed by atoms with Crippen LogP contribution < -0.4 is 15.9 Å². The summed E-state index contributed by atoms with van der Waals surface area (Å²) in [4.78, 5) is 3.06. The van der Waals surface area contributed by atoms with E-state index in [-0.39, 0.29) is 6.04 Å². The first-order valence-electron chi connectivity index (χ1n) is 9.40. The van der Waals surface area contributed by atoms with Crippen molar-refractivity contribution in [1.29, 1.82) is 0 Å². The first-order valence-corrected chi connectivity index (χ1v) is 11.4. The molecule has 4 heteroatoms. The van der Waals surface area contributed by atoms with Gasteiger partial charge in [0.25, 0.3) is 0 Å². The molecular formula is C23H25N3P+. The van der Waals surface area contributed by atoms with Crippen LogP contribution in [0.15, 0.2) is 96.1 Å². The summed E-state index contributed by atoms with van der Waals surface area (Å²) in [7, 11) is -1.83. The Balaban J connectivity index is 2.18. The minimum Gasteiger partial charge on any atom is -0.0905 e. The van der Waals surface area contributed by atoms with Gasteiger partial charge >= 0.3 is 0 Å². The second-order valence-corrected chi connectivity index (χ2v) is 10.2. The fourth-order valence-corrected chi connectivity index (χ4v) is 8.04. The van der Waals surface area contributed by atoms with Gasteiger partial charge < -0.3 is 0 Å². The zero-order valence-electron chi connectivity index (χ0n) is 15.6. The second-order valence-electron chi connectivity index (χ2n) is 6.60. The molecule has 0 N–H and O–H groups in total. The van der Waals surface area contributed by atoms with Crippen molar-refractivity contribution >= 4 is 23.2 Å². The van der Waals surface area contributed by atoms with E-state index in [9.17, 15) is 0 Å². The van der Waals surface area contributed by atoms with Gasteiger partial charge in [-0.15, -0.1) is 0 Å². The standard InChI is InChI=1S/C23H25N3P/c1-2-20(25-26-24)18-19-27(21-12-6-3-7-13-21,22-14-8-4-9-15-22)23-16-10-5-11-17-23/h3-17,20H,2,18-19H2,1H3/q+1. The topological polar surface area (TPSA) is 48.8 Å². The van der Waals surface area contributed by atoms with E-state index in [1.807, 2.05) is 0 Å². The Bertz CT molecular complexity index is 779. The minimum atomic E-state index is -1.83. The molecule has 3 rings (SSSR count). The summed E-state index contributed by atoms with van der Waals surface area (Å²) in [6.07, 6.45) is 2.73. The molecule has 0 amide bonds. The summed E-state index contributed by atoms with van der Waals surface area (Å²) in [6, 6.07) is 32.5. The third-order valence-corrected chi connectivity index (χ3v) is 9.54. The van der Waals surface area contributed by atoms with E-state index in [2.05, 4.69) is 108 Å². The number of hydrogen-bond acceptors (Lipinski definition) is 1. The van der Waals surface area contributed by atoms with Crippen LogP contribution in [-0.2, 0) is 0 Å². The predicted octanol–water partition coefficient (Wildman–Crippen LogP) is 5.46. The zero-order chi connectivity index (χ0) is 19.0. The molecule has 1 unspecified atom stereocenters. The van der Waals surface area contributed by atoms with E-state index in [0.717, 1.165) is 19.0 Å². The molecule has 0 aliphatic heterocycles. The van der Waals surface area contributed by atoms with Crippen molar-refractivity contribution in [3.63, 3.8) is 0 Å². The Morgan fingerprint density at radius 1 is 0.778 bits per heavy atom. The summed E-state index contributed by atoms with van der Waals surface area (Å²) < 4.78 is 0. The highest BCUT2D eigenvalue weighted by Crippen LogP contribution is 2.56. The maximum absolute atomic E-state index is 8.92. The molecule has 0 spiro atoms. The van der Waals surface area contributed by atoms with Crippen molar-refractivity contribution in [2.75, 3.05) is 6.16 Å². The number of azide groups is 1. The lowest BCUT2D eigenvalue weighted by Gasteiger charge is -2.28. The predicted molar refractivity (Wildman–Crippen MR) is 118 cm³/mol. The zero-order valence-corrected chi connectivity index (χ0v) is 16.5. The van der Waals surface area contributed by atoms with Gasteiger partial charge in [0, 0.05) is 11.0 Å². The number of nitrogens with zero attached hydrogens (tertiary/aromatic N) is 3. The number of hydrogen-bond donors (Lipinski definition) is 0. The van der Waals surface area contributed by atoms with Crippen LogP contribution >= 0.6 is 7.26 Å². The van der Waals surface area contributed by atoms with Crippen LogP contribution in [0.5, 0.6) is 0 Å². The molecule has 0 radical (unpaired) electrons. The number of rotatable bonds is 8. The largest absolute Gasteiger partial charge is 0.112 e. The maximum Gasteiger partial charge on any atom is 0.112 e. The first kappa shape index (κ1) is 19.2.